The number of nitrogens with one attached hydrogen (secondary N) is 1. The van der Waals surface area contributed by atoms with Crippen molar-refractivity contribution >= 4 is 5.91 Å². The van der Waals surface area contributed by atoms with Gasteiger partial charge in [-0.25, -0.2) is 0 Å². The van der Waals surface area contributed by atoms with Crippen LogP contribution >= 0.6 is 0 Å². The zero-order valence-corrected chi connectivity index (χ0v) is 14.0. The Morgan fingerprint density at radius 3 is 2.61 bits per heavy atom. The van der Waals surface area contributed by atoms with Crippen molar-refractivity contribution in [3.63, 3.8) is 0 Å². The van der Waals surface area contributed by atoms with Gasteiger partial charge < -0.3 is 10.1 Å². The molecule has 0 radical (unpaired) electrons. The predicted octanol–water partition coefficient (Wildman–Crippen LogP) is 2.09. The third-order valence-electron chi connectivity index (χ3n) is 5.13. The number of nitrogens with zero attached hydrogens (tertiary/aromatic N) is 1. The number of carbonyl (C=O) groups is 1. The van der Waals surface area contributed by atoms with E-state index in [4.69, 9.17) is 4.74 Å². The molecule has 23 heavy (non-hydrogen) atoms. The average molecular weight is 316 g/mol. The van der Waals surface area contributed by atoms with Gasteiger partial charge in [-0.05, 0) is 30.7 Å². The summed E-state index contributed by atoms with van der Waals surface area (Å²) in [5.41, 5.74) is 1.33. The number of hydrogen-bond donors (Lipinski definition) is 1. The molecule has 2 unspecified atom stereocenters. The Bertz CT molecular complexity index is 495. The highest BCUT2D eigenvalue weighted by Crippen LogP contribution is 2.36. The van der Waals surface area contributed by atoms with Gasteiger partial charge in [0.05, 0.1) is 13.2 Å². The zero-order valence-electron chi connectivity index (χ0n) is 14.0. The molecule has 1 aromatic rings. The Morgan fingerprint density at radius 1 is 1.26 bits per heavy atom. The van der Waals surface area contributed by atoms with Crippen LogP contribution in [-0.4, -0.2) is 49.7 Å². The third-order valence-corrected chi connectivity index (χ3v) is 5.13. The summed E-state index contributed by atoms with van der Waals surface area (Å²) in [7, 11) is 0. The quantitative estimate of drug-likeness (QED) is 0.837. The number of amides is 1. The third kappa shape index (κ3) is 4.79. The Kier molecular flexibility index (Phi) is 5.68. The number of rotatable bonds is 7. The van der Waals surface area contributed by atoms with Crippen molar-refractivity contribution in [2.45, 2.75) is 32.2 Å². The molecule has 1 N–H and O–H groups in total. The van der Waals surface area contributed by atoms with E-state index in [0.29, 0.717) is 12.0 Å². The van der Waals surface area contributed by atoms with Crippen LogP contribution in [0.1, 0.15) is 25.3 Å². The van der Waals surface area contributed by atoms with Crippen LogP contribution in [0.15, 0.2) is 30.3 Å². The molecule has 2 atom stereocenters. The van der Waals surface area contributed by atoms with Crippen molar-refractivity contribution in [1.82, 2.24) is 10.2 Å². The molecule has 1 saturated heterocycles. The van der Waals surface area contributed by atoms with E-state index in [2.05, 4.69) is 41.4 Å². The number of ether oxygens (including phenoxy) is 1. The largest absolute Gasteiger partial charge is 0.379 e. The highest BCUT2D eigenvalue weighted by Gasteiger charge is 2.33. The summed E-state index contributed by atoms with van der Waals surface area (Å²) in [6.07, 6.45) is 3.40. The van der Waals surface area contributed by atoms with Gasteiger partial charge in [-0.15, -0.1) is 0 Å². The molecule has 4 heteroatoms. The van der Waals surface area contributed by atoms with E-state index in [9.17, 15) is 4.79 Å². The summed E-state index contributed by atoms with van der Waals surface area (Å²) >= 11 is 0. The van der Waals surface area contributed by atoms with E-state index < -0.39 is 0 Å². The van der Waals surface area contributed by atoms with Gasteiger partial charge in [-0.2, -0.15) is 0 Å². The summed E-state index contributed by atoms with van der Waals surface area (Å²) in [5, 5.41) is 3.20. The molecule has 2 aliphatic rings. The lowest BCUT2D eigenvalue weighted by Crippen LogP contribution is -2.50. The molecule has 1 aliphatic heterocycles. The topological polar surface area (TPSA) is 41.6 Å². The standard InChI is InChI=1S/C19H28N2O2/c1-15(17-7-8-17)19(22)20-14-18(21-9-11-23-12-10-21)13-16-5-3-2-4-6-16/h2-6,15,17-18H,7-14H2,1H3,(H,20,22). The highest BCUT2D eigenvalue weighted by molar-refractivity contribution is 5.78. The van der Waals surface area contributed by atoms with Crippen molar-refractivity contribution in [2.75, 3.05) is 32.8 Å². The first-order valence-electron chi connectivity index (χ1n) is 8.87. The second-order valence-corrected chi connectivity index (χ2v) is 6.86. The molecule has 1 heterocycles. The fourth-order valence-corrected chi connectivity index (χ4v) is 3.35. The van der Waals surface area contributed by atoms with Crippen molar-refractivity contribution in [3.05, 3.63) is 35.9 Å². The van der Waals surface area contributed by atoms with Gasteiger partial charge in [0.15, 0.2) is 0 Å². The molecule has 0 spiro atoms. The first-order valence-corrected chi connectivity index (χ1v) is 8.87. The van der Waals surface area contributed by atoms with Crippen molar-refractivity contribution in [3.8, 4) is 0 Å². The molecule has 2 fully saturated rings. The summed E-state index contributed by atoms with van der Waals surface area (Å²) in [6.45, 7) is 6.27. The van der Waals surface area contributed by atoms with Crippen molar-refractivity contribution in [1.29, 1.82) is 0 Å². The Hall–Kier alpha value is -1.39. The summed E-state index contributed by atoms with van der Waals surface area (Å²) in [4.78, 5) is 14.8. The fraction of sp³-hybridized carbons (Fsp3) is 0.632. The molecule has 3 rings (SSSR count). The number of hydrogen-bond acceptors (Lipinski definition) is 3. The van der Waals surface area contributed by atoms with E-state index >= 15 is 0 Å². The number of carbonyl (C=O) groups excluding carboxylic acids is 1. The maximum Gasteiger partial charge on any atom is 0.223 e. The minimum absolute atomic E-state index is 0.164. The molecular formula is C19H28N2O2. The smallest absolute Gasteiger partial charge is 0.223 e. The van der Waals surface area contributed by atoms with E-state index in [1.165, 1.54) is 18.4 Å². The Morgan fingerprint density at radius 2 is 1.96 bits per heavy atom. The van der Waals surface area contributed by atoms with Crippen LogP contribution in [-0.2, 0) is 16.0 Å². The van der Waals surface area contributed by atoms with E-state index in [-0.39, 0.29) is 11.8 Å². The van der Waals surface area contributed by atoms with Crippen molar-refractivity contribution in [2.24, 2.45) is 11.8 Å². The van der Waals surface area contributed by atoms with Crippen LogP contribution in [0.5, 0.6) is 0 Å². The fourth-order valence-electron chi connectivity index (χ4n) is 3.35. The molecule has 126 valence electrons. The zero-order chi connectivity index (χ0) is 16.1. The SMILES string of the molecule is CC(C(=O)NCC(Cc1ccccc1)N1CCOCC1)C1CC1. The molecule has 1 aromatic carbocycles. The van der Waals surface area contributed by atoms with E-state index in [0.717, 1.165) is 39.3 Å². The van der Waals surface area contributed by atoms with Gasteiger partial charge in [0.1, 0.15) is 0 Å². The van der Waals surface area contributed by atoms with Crippen LogP contribution in [0.2, 0.25) is 0 Å². The maximum absolute atomic E-state index is 12.3. The van der Waals surface area contributed by atoms with Crippen LogP contribution in [0, 0.1) is 11.8 Å². The lowest BCUT2D eigenvalue weighted by Gasteiger charge is -2.35. The second kappa shape index (κ2) is 7.93. The van der Waals surface area contributed by atoms with Crippen molar-refractivity contribution < 1.29 is 9.53 Å². The minimum atomic E-state index is 0.164. The second-order valence-electron chi connectivity index (χ2n) is 6.86. The molecule has 1 amide bonds. The van der Waals surface area contributed by atoms with Gasteiger partial charge in [0, 0.05) is 31.6 Å². The predicted molar refractivity (Wildman–Crippen MR) is 91.2 cm³/mol. The van der Waals surface area contributed by atoms with Crippen LogP contribution in [0.25, 0.3) is 0 Å². The molecular weight excluding hydrogens is 288 g/mol. The summed E-state index contributed by atoms with van der Waals surface area (Å²) in [6, 6.07) is 10.9. The van der Waals surface area contributed by atoms with Gasteiger partial charge in [0.25, 0.3) is 0 Å². The normalized spacial score (nSPS) is 21.6. The van der Waals surface area contributed by atoms with E-state index in [1.807, 2.05) is 6.07 Å². The first-order chi connectivity index (χ1) is 11.2. The van der Waals surface area contributed by atoms with Crippen LogP contribution < -0.4 is 5.32 Å². The monoisotopic (exact) mass is 316 g/mol. The lowest BCUT2D eigenvalue weighted by molar-refractivity contribution is -0.125. The maximum atomic E-state index is 12.3. The summed E-state index contributed by atoms with van der Waals surface area (Å²) < 4.78 is 5.47. The molecule has 0 aromatic heterocycles. The molecule has 4 nitrogen and oxygen atoms in total. The molecule has 0 bridgehead atoms. The van der Waals surface area contributed by atoms with Gasteiger partial charge >= 0.3 is 0 Å². The first kappa shape index (κ1) is 16.5. The number of benzene rings is 1. The van der Waals surface area contributed by atoms with Gasteiger partial charge in [0.2, 0.25) is 5.91 Å². The van der Waals surface area contributed by atoms with Crippen LogP contribution in [0.3, 0.4) is 0 Å². The average Bonchev–Trinajstić information content (AvgIpc) is 3.44. The lowest BCUT2D eigenvalue weighted by atomic mass is 10.0. The minimum Gasteiger partial charge on any atom is -0.379 e. The van der Waals surface area contributed by atoms with Gasteiger partial charge in [-0.1, -0.05) is 37.3 Å². The highest BCUT2D eigenvalue weighted by atomic mass is 16.5. The summed E-state index contributed by atoms with van der Waals surface area (Å²) in [5.74, 6) is 1.00. The van der Waals surface area contributed by atoms with E-state index in [1.54, 1.807) is 0 Å². The molecule has 1 aliphatic carbocycles. The number of morpholine rings is 1. The Labute approximate surface area is 139 Å². The van der Waals surface area contributed by atoms with Crippen LogP contribution in [0.4, 0.5) is 0 Å². The van der Waals surface area contributed by atoms with Gasteiger partial charge in [-0.3, -0.25) is 9.69 Å². The molecule has 1 saturated carbocycles. The Balaban J connectivity index is 1.58.